The second-order valence-electron chi connectivity index (χ2n) is 5.07. The van der Waals surface area contributed by atoms with E-state index < -0.39 is 0 Å². The van der Waals surface area contributed by atoms with Crippen molar-refractivity contribution in [2.75, 3.05) is 37.5 Å². The van der Waals surface area contributed by atoms with Crippen molar-refractivity contribution in [2.24, 2.45) is 0 Å². The molecule has 0 radical (unpaired) electrons. The van der Waals surface area contributed by atoms with Crippen LogP contribution in [-0.2, 0) is 0 Å². The third-order valence-corrected chi connectivity index (χ3v) is 3.19. The summed E-state index contributed by atoms with van der Waals surface area (Å²) in [5, 5.41) is 11.9. The van der Waals surface area contributed by atoms with E-state index >= 15 is 0 Å². The second-order valence-corrected chi connectivity index (χ2v) is 5.07. The Kier molecular flexibility index (Phi) is 6.56. The minimum absolute atomic E-state index is 0.276. The van der Waals surface area contributed by atoms with E-state index in [1.54, 1.807) is 6.33 Å². The van der Waals surface area contributed by atoms with E-state index in [0.29, 0.717) is 5.92 Å². The van der Waals surface area contributed by atoms with Crippen molar-refractivity contribution in [2.45, 2.75) is 39.0 Å². The highest BCUT2D eigenvalue weighted by Crippen LogP contribution is 2.30. The number of anilines is 2. The number of rotatable bonds is 8. The van der Waals surface area contributed by atoms with Crippen molar-refractivity contribution in [3.63, 3.8) is 0 Å². The average Bonchev–Trinajstić information content (AvgIpc) is 2.42. The zero-order valence-corrected chi connectivity index (χ0v) is 12.5. The minimum Gasteiger partial charge on any atom is -0.396 e. The quantitative estimate of drug-likeness (QED) is 0.707. The molecule has 0 fully saturated rings. The Morgan fingerprint density at radius 2 is 2.00 bits per heavy atom. The molecule has 19 heavy (non-hydrogen) atoms. The molecule has 5 nitrogen and oxygen atoms in total. The molecule has 0 aliphatic rings. The van der Waals surface area contributed by atoms with Gasteiger partial charge in [0.1, 0.15) is 18.0 Å². The summed E-state index contributed by atoms with van der Waals surface area (Å²) in [6.07, 6.45) is 4.59. The van der Waals surface area contributed by atoms with Crippen molar-refractivity contribution >= 4 is 11.6 Å². The van der Waals surface area contributed by atoms with Gasteiger partial charge in [0.2, 0.25) is 0 Å². The fourth-order valence-corrected chi connectivity index (χ4v) is 2.16. The monoisotopic (exact) mass is 266 g/mol. The normalized spacial score (nSPS) is 10.8. The summed E-state index contributed by atoms with van der Waals surface area (Å²) in [5.41, 5.74) is 1.16. The molecule has 0 aliphatic carbocycles. The number of aliphatic hydroxyl groups excluding tert-OH is 1. The molecule has 0 atom stereocenters. The van der Waals surface area contributed by atoms with Gasteiger partial charge in [-0.05, 0) is 25.2 Å². The van der Waals surface area contributed by atoms with Crippen LogP contribution in [0.5, 0.6) is 0 Å². The topological polar surface area (TPSA) is 61.3 Å². The fraction of sp³-hybridized carbons (Fsp3) is 0.714. The molecule has 108 valence electrons. The molecule has 0 amide bonds. The van der Waals surface area contributed by atoms with Gasteiger partial charge in [0.15, 0.2) is 0 Å². The van der Waals surface area contributed by atoms with Crippen molar-refractivity contribution in [3.8, 4) is 0 Å². The third kappa shape index (κ3) is 4.35. The van der Waals surface area contributed by atoms with E-state index in [1.807, 2.05) is 7.05 Å². The first-order valence-electron chi connectivity index (χ1n) is 6.96. The van der Waals surface area contributed by atoms with Gasteiger partial charge in [-0.1, -0.05) is 13.8 Å². The number of nitrogens with one attached hydrogen (secondary N) is 1. The molecule has 5 heteroatoms. The lowest BCUT2D eigenvalue weighted by atomic mass is 10.0. The van der Waals surface area contributed by atoms with Crippen LogP contribution in [0.4, 0.5) is 11.6 Å². The summed E-state index contributed by atoms with van der Waals surface area (Å²) in [5.74, 6) is 2.28. The molecule has 1 heterocycles. The van der Waals surface area contributed by atoms with Gasteiger partial charge in [-0.2, -0.15) is 0 Å². The standard InChI is InChI=1S/C14H26N4O/c1-11(2)12-13(15-3)16-10-17-14(12)18(4)8-6-5-7-9-19/h10-11,19H,5-9H2,1-4H3,(H,15,16,17). The zero-order chi connectivity index (χ0) is 14.3. The Labute approximate surface area is 116 Å². The first-order valence-corrected chi connectivity index (χ1v) is 6.96. The van der Waals surface area contributed by atoms with Crippen molar-refractivity contribution in [1.29, 1.82) is 0 Å². The number of aliphatic hydroxyl groups is 1. The van der Waals surface area contributed by atoms with Crippen molar-refractivity contribution in [3.05, 3.63) is 11.9 Å². The summed E-state index contributed by atoms with van der Waals surface area (Å²) >= 11 is 0. The maximum atomic E-state index is 8.79. The molecule has 0 aliphatic heterocycles. The lowest BCUT2D eigenvalue weighted by Gasteiger charge is -2.24. The summed E-state index contributed by atoms with van der Waals surface area (Å²) in [7, 11) is 3.95. The lowest BCUT2D eigenvalue weighted by molar-refractivity contribution is 0.283. The summed E-state index contributed by atoms with van der Waals surface area (Å²) in [4.78, 5) is 10.9. The van der Waals surface area contributed by atoms with Crippen LogP contribution in [-0.4, -0.2) is 42.3 Å². The molecule has 0 bridgehead atoms. The largest absolute Gasteiger partial charge is 0.396 e. The van der Waals surface area contributed by atoms with Crippen LogP contribution in [0, 0.1) is 0 Å². The van der Waals surface area contributed by atoms with Crippen LogP contribution in [0.2, 0.25) is 0 Å². The van der Waals surface area contributed by atoms with Gasteiger partial charge in [-0.3, -0.25) is 0 Å². The van der Waals surface area contributed by atoms with E-state index in [-0.39, 0.29) is 6.61 Å². The highest BCUT2D eigenvalue weighted by atomic mass is 16.2. The van der Waals surface area contributed by atoms with Gasteiger partial charge >= 0.3 is 0 Å². The van der Waals surface area contributed by atoms with E-state index in [9.17, 15) is 0 Å². The summed E-state index contributed by atoms with van der Waals surface area (Å²) in [6, 6.07) is 0. The number of nitrogens with zero attached hydrogens (tertiary/aromatic N) is 3. The van der Waals surface area contributed by atoms with E-state index in [2.05, 4.69) is 41.1 Å². The molecular formula is C14H26N4O. The Morgan fingerprint density at radius 1 is 1.26 bits per heavy atom. The summed E-state index contributed by atoms with van der Waals surface area (Å²) < 4.78 is 0. The first kappa shape index (κ1) is 15.7. The molecule has 0 spiro atoms. The fourth-order valence-electron chi connectivity index (χ4n) is 2.16. The molecule has 0 aromatic carbocycles. The van der Waals surface area contributed by atoms with Crippen LogP contribution in [0.1, 0.15) is 44.6 Å². The first-order chi connectivity index (χ1) is 9.11. The zero-order valence-electron chi connectivity index (χ0n) is 12.5. The molecule has 0 saturated carbocycles. The van der Waals surface area contributed by atoms with Crippen LogP contribution in [0.25, 0.3) is 0 Å². The maximum Gasteiger partial charge on any atom is 0.137 e. The molecule has 0 saturated heterocycles. The Morgan fingerprint density at radius 3 is 2.58 bits per heavy atom. The van der Waals surface area contributed by atoms with Crippen LogP contribution in [0.3, 0.4) is 0 Å². The second kappa shape index (κ2) is 7.94. The van der Waals surface area contributed by atoms with Crippen LogP contribution >= 0.6 is 0 Å². The Bertz CT molecular complexity index is 382. The molecule has 2 N–H and O–H groups in total. The van der Waals surface area contributed by atoms with Gasteiger partial charge in [-0.15, -0.1) is 0 Å². The Hall–Kier alpha value is -1.36. The summed E-state index contributed by atoms with van der Waals surface area (Å²) in [6.45, 7) is 5.53. The lowest BCUT2D eigenvalue weighted by Crippen LogP contribution is -2.22. The molecule has 1 rings (SSSR count). The van der Waals surface area contributed by atoms with Gasteiger partial charge in [-0.25, -0.2) is 9.97 Å². The van der Waals surface area contributed by atoms with Crippen LogP contribution in [0.15, 0.2) is 6.33 Å². The molecular weight excluding hydrogens is 240 g/mol. The average molecular weight is 266 g/mol. The molecule has 0 unspecified atom stereocenters. The van der Waals surface area contributed by atoms with Gasteiger partial charge in [0.25, 0.3) is 0 Å². The smallest absolute Gasteiger partial charge is 0.137 e. The maximum absolute atomic E-state index is 8.79. The number of unbranched alkanes of at least 4 members (excludes halogenated alkanes) is 2. The molecule has 1 aromatic rings. The number of hydrogen-bond donors (Lipinski definition) is 2. The van der Waals surface area contributed by atoms with Gasteiger partial charge in [0.05, 0.1) is 0 Å². The van der Waals surface area contributed by atoms with Gasteiger partial charge in [0, 0.05) is 32.8 Å². The predicted molar refractivity (Wildman–Crippen MR) is 79.9 cm³/mol. The van der Waals surface area contributed by atoms with Crippen molar-refractivity contribution in [1.82, 2.24) is 9.97 Å². The number of aromatic nitrogens is 2. The van der Waals surface area contributed by atoms with Crippen LogP contribution < -0.4 is 10.2 Å². The third-order valence-electron chi connectivity index (χ3n) is 3.19. The number of hydrogen-bond acceptors (Lipinski definition) is 5. The molecule has 1 aromatic heterocycles. The highest BCUT2D eigenvalue weighted by Gasteiger charge is 2.16. The van der Waals surface area contributed by atoms with E-state index in [1.165, 1.54) is 0 Å². The van der Waals surface area contributed by atoms with Gasteiger partial charge < -0.3 is 15.3 Å². The Balaban J connectivity index is 2.80. The van der Waals surface area contributed by atoms with E-state index in [4.69, 9.17) is 5.11 Å². The van der Waals surface area contributed by atoms with E-state index in [0.717, 1.165) is 43.0 Å². The SMILES string of the molecule is CNc1ncnc(N(C)CCCCCO)c1C(C)C. The minimum atomic E-state index is 0.276. The predicted octanol–water partition coefficient (Wildman–Crippen LogP) is 2.24. The van der Waals surface area contributed by atoms with Crippen molar-refractivity contribution < 1.29 is 5.11 Å². The highest BCUT2D eigenvalue weighted by molar-refractivity contribution is 5.59.